The van der Waals surface area contributed by atoms with Crippen molar-refractivity contribution in [2.75, 3.05) is 0 Å². The Morgan fingerprint density at radius 2 is 1.69 bits per heavy atom. The molecule has 1 saturated carbocycles. The molecule has 2 N–H and O–H groups in total. The lowest BCUT2D eigenvalue weighted by Crippen LogP contribution is -2.44. The van der Waals surface area contributed by atoms with Crippen LogP contribution >= 0.6 is 0 Å². The molecule has 1 aliphatic carbocycles. The van der Waals surface area contributed by atoms with Gasteiger partial charge in [0.05, 0.1) is 11.9 Å². The number of carbonyl (C=O) groups excluding carboxylic acids is 2. The minimum absolute atomic E-state index is 0.0993. The number of para-hydroxylation sites is 1. The van der Waals surface area contributed by atoms with Crippen molar-refractivity contribution in [3.8, 4) is 5.69 Å². The molecule has 2 aromatic rings. The molecule has 1 aromatic carbocycles. The van der Waals surface area contributed by atoms with Gasteiger partial charge in [-0.25, -0.2) is 5.43 Å². The van der Waals surface area contributed by atoms with Gasteiger partial charge in [0.25, 0.3) is 0 Å². The van der Waals surface area contributed by atoms with Crippen LogP contribution in [0.1, 0.15) is 60.2 Å². The largest absolute Gasteiger partial charge is 0.345 e. The maximum Gasteiger partial charge on any atom is 0.329 e. The standard InChI is InChI=1S/C23H30N4O2/c1-15-9-8-10-16(2)21(15)27-17(3)13-19(18(27)4)14-24-26-23(29)22(28)25-20-11-6-5-7-12-20/h8-10,13-14,20H,5-7,11-12H2,1-4H3,(H,25,28)(H,26,29)/b24-14-. The molecule has 6 nitrogen and oxygen atoms in total. The number of aryl methyl sites for hydroxylation is 3. The first kappa shape index (κ1) is 20.8. The predicted molar refractivity (Wildman–Crippen MR) is 115 cm³/mol. The highest BCUT2D eigenvalue weighted by atomic mass is 16.2. The van der Waals surface area contributed by atoms with Crippen LogP contribution in [0.3, 0.4) is 0 Å². The summed E-state index contributed by atoms with van der Waals surface area (Å²) >= 11 is 0. The zero-order valence-corrected chi connectivity index (χ0v) is 17.7. The van der Waals surface area contributed by atoms with Gasteiger partial charge in [-0.3, -0.25) is 9.59 Å². The van der Waals surface area contributed by atoms with E-state index >= 15 is 0 Å². The summed E-state index contributed by atoms with van der Waals surface area (Å²) in [6.07, 6.45) is 6.86. The van der Waals surface area contributed by atoms with E-state index in [1.807, 2.05) is 19.9 Å². The number of benzene rings is 1. The fourth-order valence-corrected chi connectivity index (χ4v) is 4.13. The quantitative estimate of drug-likeness (QED) is 0.472. The Labute approximate surface area is 172 Å². The number of hydrogen-bond donors (Lipinski definition) is 2. The molecule has 1 heterocycles. The van der Waals surface area contributed by atoms with Gasteiger partial charge in [-0.2, -0.15) is 5.10 Å². The molecule has 0 aliphatic heterocycles. The van der Waals surface area contributed by atoms with E-state index in [9.17, 15) is 9.59 Å². The maximum absolute atomic E-state index is 12.0. The lowest BCUT2D eigenvalue weighted by Gasteiger charge is -2.22. The van der Waals surface area contributed by atoms with Gasteiger partial charge in [0.15, 0.2) is 0 Å². The molecular weight excluding hydrogens is 364 g/mol. The summed E-state index contributed by atoms with van der Waals surface area (Å²) in [5.74, 6) is -1.34. The van der Waals surface area contributed by atoms with Crippen LogP contribution in [0.4, 0.5) is 0 Å². The molecule has 1 aromatic heterocycles. The van der Waals surface area contributed by atoms with Crippen molar-refractivity contribution in [2.24, 2.45) is 5.10 Å². The van der Waals surface area contributed by atoms with E-state index in [0.29, 0.717) is 0 Å². The second kappa shape index (κ2) is 9.07. The molecule has 0 atom stereocenters. The highest BCUT2D eigenvalue weighted by Gasteiger charge is 2.20. The zero-order chi connectivity index (χ0) is 21.0. The van der Waals surface area contributed by atoms with Crippen molar-refractivity contribution in [3.63, 3.8) is 0 Å². The van der Waals surface area contributed by atoms with Gasteiger partial charge in [-0.15, -0.1) is 0 Å². The van der Waals surface area contributed by atoms with Crippen LogP contribution in [0, 0.1) is 27.7 Å². The van der Waals surface area contributed by atoms with Gasteiger partial charge >= 0.3 is 11.8 Å². The Bertz CT molecular complexity index is 916. The third kappa shape index (κ3) is 4.75. The normalized spacial score (nSPS) is 14.9. The summed E-state index contributed by atoms with van der Waals surface area (Å²) in [5, 5.41) is 6.81. The van der Waals surface area contributed by atoms with E-state index < -0.39 is 11.8 Å². The van der Waals surface area contributed by atoms with Crippen molar-refractivity contribution in [2.45, 2.75) is 65.8 Å². The first-order chi connectivity index (χ1) is 13.9. The second-order valence-corrected chi connectivity index (χ2v) is 7.91. The lowest BCUT2D eigenvalue weighted by atomic mass is 9.95. The van der Waals surface area contributed by atoms with E-state index in [2.05, 4.69) is 52.5 Å². The first-order valence-corrected chi connectivity index (χ1v) is 10.3. The molecule has 1 aliphatic rings. The molecular formula is C23H30N4O2. The molecule has 1 fully saturated rings. The number of aromatic nitrogens is 1. The van der Waals surface area contributed by atoms with E-state index in [4.69, 9.17) is 0 Å². The van der Waals surface area contributed by atoms with Crippen LogP contribution in [-0.4, -0.2) is 28.6 Å². The van der Waals surface area contributed by atoms with Gasteiger partial charge < -0.3 is 9.88 Å². The number of nitrogens with one attached hydrogen (secondary N) is 2. The Morgan fingerprint density at radius 1 is 1.03 bits per heavy atom. The van der Waals surface area contributed by atoms with Crippen molar-refractivity contribution in [3.05, 3.63) is 52.3 Å². The van der Waals surface area contributed by atoms with E-state index in [1.54, 1.807) is 6.21 Å². The summed E-state index contributed by atoms with van der Waals surface area (Å²) in [6, 6.07) is 8.37. The minimum atomic E-state index is -0.727. The average molecular weight is 395 g/mol. The van der Waals surface area contributed by atoms with Crippen molar-refractivity contribution < 1.29 is 9.59 Å². The molecule has 2 amide bonds. The summed E-state index contributed by atoms with van der Waals surface area (Å²) in [4.78, 5) is 24.1. The monoisotopic (exact) mass is 394 g/mol. The minimum Gasteiger partial charge on any atom is -0.345 e. The Hall–Kier alpha value is -2.89. The fourth-order valence-electron chi connectivity index (χ4n) is 4.13. The fraction of sp³-hybridized carbons (Fsp3) is 0.435. The van der Waals surface area contributed by atoms with E-state index in [-0.39, 0.29) is 6.04 Å². The number of hydrogen-bond acceptors (Lipinski definition) is 3. The van der Waals surface area contributed by atoms with Crippen molar-refractivity contribution >= 4 is 18.0 Å². The highest BCUT2D eigenvalue weighted by molar-refractivity contribution is 6.35. The molecule has 29 heavy (non-hydrogen) atoms. The van der Waals surface area contributed by atoms with Gasteiger partial charge in [0, 0.05) is 23.0 Å². The third-order valence-corrected chi connectivity index (χ3v) is 5.65. The van der Waals surface area contributed by atoms with Crippen LogP contribution in [-0.2, 0) is 9.59 Å². The number of carbonyl (C=O) groups is 2. The lowest BCUT2D eigenvalue weighted by molar-refractivity contribution is -0.139. The van der Waals surface area contributed by atoms with Gasteiger partial charge in [-0.05, 0) is 57.7 Å². The molecule has 0 saturated heterocycles. The molecule has 0 unspecified atom stereocenters. The molecule has 3 rings (SSSR count). The molecule has 154 valence electrons. The van der Waals surface area contributed by atoms with Crippen LogP contribution in [0.2, 0.25) is 0 Å². The number of amides is 2. The van der Waals surface area contributed by atoms with E-state index in [1.165, 1.54) is 17.5 Å². The Kier molecular flexibility index (Phi) is 6.52. The second-order valence-electron chi connectivity index (χ2n) is 7.91. The molecule has 0 spiro atoms. The SMILES string of the molecule is Cc1cccc(C)c1-n1c(C)cc(/C=N\NC(=O)C(=O)NC2CCCCC2)c1C. The van der Waals surface area contributed by atoms with Crippen molar-refractivity contribution in [1.82, 2.24) is 15.3 Å². The van der Waals surface area contributed by atoms with Crippen LogP contribution in [0.25, 0.3) is 5.69 Å². The van der Waals surface area contributed by atoms with Gasteiger partial charge in [0.2, 0.25) is 0 Å². The first-order valence-electron chi connectivity index (χ1n) is 10.3. The number of hydrazone groups is 1. The summed E-state index contributed by atoms with van der Waals surface area (Å²) in [7, 11) is 0. The average Bonchev–Trinajstić information content (AvgIpc) is 2.96. The third-order valence-electron chi connectivity index (χ3n) is 5.65. The van der Waals surface area contributed by atoms with Crippen LogP contribution in [0.15, 0.2) is 29.4 Å². The van der Waals surface area contributed by atoms with Gasteiger partial charge in [-0.1, -0.05) is 37.5 Å². The van der Waals surface area contributed by atoms with E-state index in [0.717, 1.165) is 48.3 Å². The summed E-state index contributed by atoms with van der Waals surface area (Å²) in [5.41, 5.74) is 8.93. The zero-order valence-electron chi connectivity index (χ0n) is 17.7. The maximum atomic E-state index is 12.0. The topological polar surface area (TPSA) is 75.5 Å². The smallest absolute Gasteiger partial charge is 0.329 e. The molecule has 0 radical (unpaired) electrons. The summed E-state index contributed by atoms with van der Waals surface area (Å²) in [6.45, 7) is 8.27. The number of nitrogens with zero attached hydrogens (tertiary/aromatic N) is 2. The predicted octanol–water partition coefficient (Wildman–Crippen LogP) is 3.61. The van der Waals surface area contributed by atoms with Gasteiger partial charge in [0.1, 0.15) is 0 Å². The van der Waals surface area contributed by atoms with Crippen LogP contribution in [0.5, 0.6) is 0 Å². The van der Waals surface area contributed by atoms with Crippen molar-refractivity contribution in [1.29, 1.82) is 0 Å². The highest BCUT2D eigenvalue weighted by Crippen LogP contribution is 2.25. The Balaban J connectivity index is 1.68. The molecule has 6 heteroatoms. The molecule has 0 bridgehead atoms. The number of rotatable bonds is 4. The van der Waals surface area contributed by atoms with Crippen LogP contribution < -0.4 is 10.7 Å². The summed E-state index contributed by atoms with van der Waals surface area (Å²) < 4.78 is 2.20. The Morgan fingerprint density at radius 3 is 2.34 bits per heavy atom.